The molecule has 4 aromatic carbocycles. The van der Waals surface area contributed by atoms with E-state index in [1.54, 1.807) is 60.7 Å². The normalized spacial score (nSPS) is 11.4. The summed E-state index contributed by atoms with van der Waals surface area (Å²) in [4.78, 5) is 72.3. The van der Waals surface area contributed by atoms with Gasteiger partial charge < -0.3 is 90.0 Å². The van der Waals surface area contributed by atoms with Gasteiger partial charge in [-0.05, 0) is 59.7 Å². The van der Waals surface area contributed by atoms with Crippen LogP contribution in [0.3, 0.4) is 0 Å². The molecule has 0 aliphatic heterocycles. The second kappa shape index (κ2) is 36.0. The minimum atomic E-state index is -5.37. The van der Waals surface area contributed by atoms with Gasteiger partial charge in [-0.15, -0.1) is 0 Å². The van der Waals surface area contributed by atoms with Crippen molar-refractivity contribution in [1.29, 1.82) is 0 Å². The topological polar surface area (TPSA) is 447 Å². The van der Waals surface area contributed by atoms with Crippen molar-refractivity contribution in [3.63, 3.8) is 0 Å². The molecule has 6 N–H and O–H groups in total. The van der Waals surface area contributed by atoms with E-state index in [1.807, 2.05) is 0 Å². The predicted octanol–water partition coefficient (Wildman–Crippen LogP) is -20.9. The molecule has 0 fully saturated rings. The molecule has 0 bridgehead atoms. The third-order valence-corrected chi connectivity index (χ3v) is 11.7. The molecule has 6 rings (SSSR count). The van der Waals surface area contributed by atoms with Gasteiger partial charge in [0.1, 0.15) is 20.2 Å². The van der Waals surface area contributed by atoms with Gasteiger partial charge in [0.2, 0.25) is 35.7 Å². The minimum absolute atomic E-state index is 0. The van der Waals surface area contributed by atoms with Crippen molar-refractivity contribution in [2.75, 3.05) is 57.4 Å². The van der Waals surface area contributed by atoms with E-state index >= 15 is 0 Å². The maximum Gasteiger partial charge on any atom is 1.00 e. The number of carbonyl (C=O) groups excluding carboxylic acids is 4. The first-order chi connectivity index (χ1) is 35.1. The van der Waals surface area contributed by atoms with E-state index in [4.69, 9.17) is 0 Å². The number of nitrogens with zero attached hydrogens (tertiary/aromatic N) is 8. The van der Waals surface area contributed by atoms with Crippen molar-refractivity contribution < 1.29 is 253 Å². The van der Waals surface area contributed by atoms with Crippen LogP contribution in [0.1, 0.15) is 24.0 Å². The van der Waals surface area contributed by atoms with Crippen molar-refractivity contribution in [2.45, 2.75) is 34.7 Å². The summed E-state index contributed by atoms with van der Waals surface area (Å²) in [5.41, 5.74) is -0.131. The molecule has 2 heterocycles. The molecular formula is C44H38N12Na6O16S2. The molecule has 0 aliphatic carbocycles. The van der Waals surface area contributed by atoms with Gasteiger partial charge in [0.05, 0.1) is 47.0 Å². The number of nitrogens with one attached hydrogen (secondary N) is 4. The molecule has 2 unspecified atom stereocenters. The van der Waals surface area contributed by atoms with Gasteiger partial charge in [-0.2, -0.15) is 29.9 Å². The van der Waals surface area contributed by atoms with E-state index in [9.17, 15) is 75.8 Å². The van der Waals surface area contributed by atoms with Crippen LogP contribution in [0.25, 0.3) is 12.2 Å². The van der Waals surface area contributed by atoms with Crippen LogP contribution in [-0.4, -0.2) is 128 Å². The fraction of sp³-hybridized carbons (Fsp3) is 0.182. The molecule has 0 amide bonds. The maximum atomic E-state index is 12.7. The monoisotopic (exact) mass is 1190 g/mol. The SMILES string of the molecule is O=C([O-])CC(Nc1nc(Nc2ccc(/C=C/c3ccc(Nc4nc(NC(CC(=O)[O-])C(=O)[O-])nc(N(CCO)c5ccccc5)n4)cc3S(=O)(=O)[O-])c(S(=O)(=O)[O-])c2)nc(N(CCO)c2ccccc2)n1)C(=O)[O-].[Na+].[Na+].[Na+].[Na+].[Na+].[Na+]. The number of aliphatic carboxylic acids is 4. The molecule has 388 valence electrons. The number of para-hydroxylation sites is 2. The fourth-order valence-electron chi connectivity index (χ4n) is 6.72. The Kier molecular flexibility index (Phi) is 34.7. The van der Waals surface area contributed by atoms with Crippen LogP contribution in [-0.2, 0) is 39.4 Å². The smallest absolute Gasteiger partial charge is 0.744 e. The second-order valence-electron chi connectivity index (χ2n) is 15.2. The zero-order chi connectivity index (χ0) is 53.7. The molecule has 28 nitrogen and oxygen atoms in total. The Morgan fingerprint density at radius 3 is 1.11 bits per heavy atom. The first kappa shape index (κ1) is 77.1. The Morgan fingerprint density at radius 1 is 0.500 bits per heavy atom. The van der Waals surface area contributed by atoms with Gasteiger partial charge in [0, 0.05) is 60.6 Å². The zero-order valence-corrected chi connectivity index (χ0v) is 57.4. The van der Waals surface area contributed by atoms with E-state index in [2.05, 4.69) is 51.2 Å². The zero-order valence-electron chi connectivity index (χ0n) is 43.8. The Bertz CT molecular complexity index is 3100. The number of aliphatic hydroxyl groups excluding tert-OH is 2. The molecule has 2 atom stereocenters. The largest absolute Gasteiger partial charge is 1.00 e. The molecule has 0 aliphatic rings. The Hall–Kier alpha value is -2.94. The number of carboxylic acid groups (broad SMARTS) is 4. The third kappa shape index (κ3) is 22.9. The Labute approximate surface area is 589 Å². The number of anilines is 10. The summed E-state index contributed by atoms with van der Waals surface area (Å²) >= 11 is 0. The van der Waals surface area contributed by atoms with Crippen LogP contribution in [0, 0.1) is 0 Å². The van der Waals surface area contributed by atoms with Crippen LogP contribution in [0.2, 0.25) is 0 Å². The number of benzene rings is 4. The summed E-state index contributed by atoms with van der Waals surface area (Å²) in [5, 5.41) is 75.9. The van der Waals surface area contributed by atoms with Crippen LogP contribution in [0.5, 0.6) is 0 Å². The molecule has 36 heteroatoms. The van der Waals surface area contributed by atoms with E-state index in [-0.39, 0.29) is 225 Å². The van der Waals surface area contributed by atoms with E-state index in [0.717, 1.165) is 36.4 Å². The summed E-state index contributed by atoms with van der Waals surface area (Å²) in [6.45, 7) is -1.16. The van der Waals surface area contributed by atoms with Crippen molar-refractivity contribution in [3.05, 3.63) is 108 Å². The van der Waals surface area contributed by atoms with Gasteiger partial charge in [-0.1, -0.05) is 60.7 Å². The summed E-state index contributed by atoms with van der Waals surface area (Å²) < 4.78 is 76.2. The molecule has 6 aromatic rings. The van der Waals surface area contributed by atoms with Gasteiger partial charge >= 0.3 is 177 Å². The average molecular weight is 1190 g/mol. The maximum absolute atomic E-state index is 12.7. The average Bonchev–Trinajstić information content (AvgIpc) is 3.33. The molecular weight excluding hydrogens is 1150 g/mol. The van der Waals surface area contributed by atoms with E-state index in [1.165, 1.54) is 21.9 Å². The van der Waals surface area contributed by atoms with Crippen LogP contribution >= 0.6 is 0 Å². The molecule has 2 aromatic heterocycles. The van der Waals surface area contributed by atoms with Crippen molar-refractivity contribution in [2.24, 2.45) is 0 Å². The number of hydrogen-bond donors (Lipinski definition) is 6. The van der Waals surface area contributed by atoms with Crippen molar-refractivity contribution >= 4 is 115 Å². The Balaban J connectivity index is 0.0000104. The second-order valence-corrected chi connectivity index (χ2v) is 17.9. The van der Waals surface area contributed by atoms with Crippen LogP contribution < -0.4 is 229 Å². The number of aliphatic hydroxyl groups is 2. The third-order valence-electron chi connectivity index (χ3n) is 9.95. The first-order valence-corrected chi connectivity index (χ1v) is 24.1. The van der Waals surface area contributed by atoms with Crippen molar-refractivity contribution in [3.8, 4) is 0 Å². The van der Waals surface area contributed by atoms with Crippen LogP contribution in [0.4, 0.5) is 58.4 Å². The summed E-state index contributed by atoms with van der Waals surface area (Å²) in [7, 11) is -10.7. The number of rotatable bonds is 26. The summed E-state index contributed by atoms with van der Waals surface area (Å²) in [6, 6.07) is 19.0. The quantitative estimate of drug-likeness (QED) is 0.0167. The number of hydrogen-bond acceptors (Lipinski definition) is 28. The summed E-state index contributed by atoms with van der Waals surface area (Å²) in [5.74, 6) is -9.62. The number of carboxylic acids is 4. The number of aromatic nitrogens is 6. The van der Waals surface area contributed by atoms with E-state index in [0.29, 0.717) is 11.4 Å². The standard InChI is InChI=1S/C44H44N12O16S2.6Na/c57-19-17-55(29-7-3-1-4-8-29)43-51-39(49-41(53-43)47-31(37(63)64)23-35(59)60)45-27-15-13-25(33(21-27)73(67,68)69)11-12-26-14-16-28(22-34(26)74(70,71)72)46-40-50-42(48-32(38(65)66)24-36(61)62)54-44(52-40)56(18-20-58)30-9-5-2-6-10-30;;;;;;/h1-16,21-22,31-32,57-58H,17-20,23-24H2,(H,59,60)(H,61,62)(H,63,64)(H,65,66)(H,67,68,69)(H,70,71,72)(H2,45,47,49,51,53)(H2,46,48,50,52,54);;;;;;/q;6*+1/p-6/b12-11+;;;;;;. The van der Waals surface area contributed by atoms with E-state index < -0.39 is 116 Å². The molecule has 0 saturated carbocycles. The minimum Gasteiger partial charge on any atom is -0.744 e. The number of carbonyl (C=O) groups is 4. The molecule has 80 heavy (non-hydrogen) atoms. The molecule has 0 spiro atoms. The predicted molar refractivity (Wildman–Crippen MR) is 249 cm³/mol. The van der Waals surface area contributed by atoms with Crippen molar-refractivity contribution in [1.82, 2.24) is 29.9 Å². The molecule has 0 saturated heterocycles. The van der Waals surface area contributed by atoms with Gasteiger partial charge in [0.15, 0.2) is 0 Å². The van der Waals surface area contributed by atoms with Gasteiger partial charge in [-0.25, -0.2) is 16.8 Å². The Morgan fingerprint density at radius 2 is 0.825 bits per heavy atom. The fourth-order valence-corrected chi connectivity index (χ4v) is 8.11. The van der Waals surface area contributed by atoms with Gasteiger partial charge in [-0.3, -0.25) is 0 Å². The molecule has 0 radical (unpaired) electrons. The van der Waals surface area contributed by atoms with Crippen LogP contribution in [0.15, 0.2) is 107 Å². The first-order valence-electron chi connectivity index (χ1n) is 21.3. The summed E-state index contributed by atoms with van der Waals surface area (Å²) in [6.07, 6.45) is -0.144. The van der Waals surface area contributed by atoms with Gasteiger partial charge in [0.25, 0.3) is 0 Å².